The number of rotatable bonds is 4. The predicted molar refractivity (Wildman–Crippen MR) is 73.2 cm³/mol. The number of hydrogen-bond donors (Lipinski definition) is 3. The van der Waals surface area contributed by atoms with E-state index >= 15 is 0 Å². The van der Waals surface area contributed by atoms with E-state index in [0.717, 1.165) is 5.56 Å². The van der Waals surface area contributed by atoms with Gasteiger partial charge in [0.1, 0.15) is 0 Å². The molecule has 1 atom stereocenters. The summed E-state index contributed by atoms with van der Waals surface area (Å²) in [6, 6.07) is 2.72. The maximum Gasteiger partial charge on any atom is 0.241 e. The number of tetrazole rings is 1. The summed E-state index contributed by atoms with van der Waals surface area (Å²) >= 11 is 0. The maximum absolute atomic E-state index is 12.4. The maximum atomic E-state index is 12.4. The molecule has 0 aliphatic heterocycles. The van der Waals surface area contributed by atoms with Crippen LogP contribution in [-0.4, -0.2) is 29.0 Å². The normalized spacial score (nSPS) is 13.3. The molecule has 0 aliphatic carbocycles. The second kappa shape index (κ2) is 5.17. The van der Waals surface area contributed by atoms with Crippen LogP contribution in [0.5, 0.6) is 0 Å². The molecule has 2 rings (SSSR count). The van der Waals surface area contributed by atoms with Crippen LogP contribution in [0.1, 0.15) is 29.9 Å². The van der Waals surface area contributed by atoms with Gasteiger partial charge in [-0.15, -0.1) is 10.2 Å². The van der Waals surface area contributed by atoms with E-state index in [2.05, 4.69) is 25.3 Å². The summed E-state index contributed by atoms with van der Waals surface area (Å²) in [6.07, 6.45) is 0. The van der Waals surface area contributed by atoms with E-state index < -0.39 is 16.1 Å². The highest BCUT2D eigenvalue weighted by Crippen LogP contribution is 2.24. The smallest absolute Gasteiger partial charge is 0.241 e. The highest BCUT2D eigenvalue weighted by molar-refractivity contribution is 7.89. The molecule has 0 amide bonds. The van der Waals surface area contributed by atoms with E-state index in [1.165, 1.54) is 0 Å². The first-order valence-electron chi connectivity index (χ1n) is 5.93. The van der Waals surface area contributed by atoms with Crippen LogP contribution in [0.4, 0.5) is 5.69 Å². The summed E-state index contributed by atoms with van der Waals surface area (Å²) in [7, 11) is -3.71. The van der Waals surface area contributed by atoms with Crippen LogP contribution < -0.4 is 10.5 Å². The van der Waals surface area contributed by atoms with E-state index in [4.69, 9.17) is 5.73 Å². The lowest BCUT2D eigenvalue weighted by Gasteiger charge is -2.14. The van der Waals surface area contributed by atoms with Gasteiger partial charge >= 0.3 is 0 Å². The van der Waals surface area contributed by atoms with Gasteiger partial charge in [-0.25, -0.2) is 13.1 Å². The fourth-order valence-corrected chi connectivity index (χ4v) is 3.39. The summed E-state index contributed by atoms with van der Waals surface area (Å²) in [6.45, 7) is 5.09. The first kappa shape index (κ1) is 14.4. The quantitative estimate of drug-likeness (QED) is 0.702. The number of hydrogen-bond acceptors (Lipinski definition) is 6. The minimum Gasteiger partial charge on any atom is -0.398 e. The monoisotopic (exact) mass is 296 g/mol. The first-order valence-corrected chi connectivity index (χ1v) is 7.42. The van der Waals surface area contributed by atoms with Gasteiger partial charge in [-0.3, -0.25) is 0 Å². The van der Waals surface area contributed by atoms with Crippen molar-refractivity contribution in [2.24, 2.45) is 0 Å². The van der Waals surface area contributed by atoms with E-state index in [1.54, 1.807) is 32.9 Å². The minimum absolute atomic E-state index is 0.158. The number of nitrogens with zero attached hydrogens (tertiary/aromatic N) is 3. The fraction of sp³-hybridized carbons (Fsp3) is 0.364. The van der Waals surface area contributed by atoms with Crippen molar-refractivity contribution in [3.63, 3.8) is 0 Å². The Kier molecular flexibility index (Phi) is 3.73. The third-order valence-electron chi connectivity index (χ3n) is 2.92. The molecule has 2 aromatic rings. The summed E-state index contributed by atoms with van der Waals surface area (Å²) in [5, 5.41) is 13.2. The van der Waals surface area contributed by atoms with Gasteiger partial charge in [0, 0.05) is 5.69 Å². The largest absolute Gasteiger partial charge is 0.398 e. The van der Waals surface area contributed by atoms with Crippen molar-refractivity contribution in [3.8, 4) is 0 Å². The van der Waals surface area contributed by atoms with Gasteiger partial charge in [0.15, 0.2) is 5.82 Å². The Morgan fingerprint density at radius 3 is 2.65 bits per heavy atom. The summed E-state index contributed by atoms with van der Waals surface area (Å²) < 4.78 is 27.3. The third kappa shape index (κ3) is 2.78. The lowest BCUT2D eigenvalue weighted by molar-refractivity contribution is 0.559. The molecule has 8 nitrogen and oxygen atoms in total. The molecule has 0 aliphatic rings. The Morgan fingerprint density at radius 1 is 1.35 bits per heavy atom. The Hall–Kier alpha value is -2.00. The summed E-state index contributed by atoms with van der Waals surface area (Å²) in [4.78, 5) is 0.158. The molecule has 0 bridgehead atoms. The van der Waals surface area contributed by atoms with Crippen LogP contribution >= 0.6 is 0 Å². The minimum atomic E-state index is -3.71. The second-order valence-electron chi connectivity index (χ2n) is 4.59. The number of H-pyrrole nitrogens is 1. The topological polar surface area (TPSA) is 127 Å². The van der Waals surface area contributed by atoms with Crippen LogP contribution in [0.2, 0.25) is 0 Å². The van der Waals surface area contributed by atoms with Crippen molar-refractivity contribution in [1.29, 1.82) is 0 Å². The molecule has 0 saturated carbocycles. The highest BCUT2D eigenvalue weighted by atomic mass is 32.2. The Morgan fingerprint density at radius 2 is 2.05 bits per heavy atom. The number of aromatic amines is 1. The lowest BCUT2D eigenvalue weighted by Crippen LogP contribution is -2.28. The summed E-state index contributed by atoms with van der Waals surface area (Å²) in [5.41, 5.74) is 7.55. The average molecular weight is 296 g/mol. The number of nitrogens with two attached hydrogens (primary N) is 1. The number of nitrogens with one attached hydrogen (secondary N) is 2. The molecule has 0 radical (unpaired) electrons. The SMILES string of the molecule is Cc1cc(N)c(C)c(S(=O)(=O)NC(C)c2nn[nH]n2)c1. The Bertz CT molecular complexity index is 711. The number of anilines is 1. The zero-order chi connectivity index (χ0) is 14.9. The van der Waals surface area contributed by atoms with Gasteiger partial charge in [0.2, 0.25) is 10.0 Å². The molecule has 108 valence electrons. The highest BCUT2D eigenvalue weighted by Gasteiger charge is 2.23. The molecule has 0 fully saturated rings. The van der Waals surface area contributed by atoms with Crippen LogP contribution in [0.25, 0.3) is 0 Å². The molecule has 4 N–H and O–H groups in total. The molecular weight excluding hydrogens is 280 g/mol. The van der Waals surface area contributed by atoms with Crippen molar-refractivity contribution in [1.82, 2.24) is 25.3 Å². The van der Waals surface area contributed by atoms with Crippen molar-refractivity contribution in [2.45, 2.75) is 31.7 Å². The number of aromatic nitrogens is 4. The molecule has 1 heterocycles. The molecule has 1 unspecified atom stereocenters. The van der Waals surface area contributed by atoms with Gasteiger partial charge in [-0.2, -0.15) is 5.21 Å². The number of benzene rings is 1. The van der Waals surface area contributed by atoms with Crippen LogP contribution in [-0.2, 0) is 10.0 Å². The molecule has 20 heavy (non-hydrogen) atoms. The van der Waals surface area contributed by atoms with Crippen molar-refractivity contribution >= 4 is 15.7 Å². The number of aryl methyl sites for hydroxylation is 1. The third-order valence-corrected chi connectivity index (χ3v) is 4.58. The standard InChI is InChI=1S/C11H16N6O2S/c1-6-4-9(12)7(2)10(5-6)20(18,19)15-8(3)11-13-16-17-14-11/h4-5,8,15H,12H2,1-3H3,(H,13,14,16,17). The van der Waals surface area contributed by atoms with Gasteiger partial charge in [-0.1, -0.05) is 5.21 Å². The molecule has 1 aromatic carbocycles. The fourth-order valence-electron chi connectivity index (χ4n) is 1.83. The van der Waals surface area contributed by atoms with E-state index in [1.807, 2.05) is 0 Å². The molecule has 0 saturated heterocycles. The zero-order valence-electron chi connectivity index (χ0n) is 11.4. The van der Waals surface area contributed by atoms with Gasteiger partial charge in [0.25, 0.3) is 0 Å². The average Bonchev–Trinajstić information content (AvgIpc) is 2.86. The summed E-state index contributed by atoms with van der Waals surface area (Å²) in [5.74, 6) is 0.270. The van der Waals surface area contributed by atoms with Crippen molar-refractivity contribution < 1.29 is 8.42 Å². The number of nitrogen functional groups attached to an aromatic ring is 1. The van der Waals surface area contributed by atoms with E-state index in [0.29, 0.717) is 11.3 Å². The molecule has 1 aromatic heterocycles. The van der Waals surface area contributed by atoms with Gasteiger partial charge < -0.3 is 5.73 Å². The van der Waals surface area contributed by atoms with Crippen molar-refractivity contribution in [2.75, 3.05) is 5.73 Å². The van der Waals surface area contributed by atoms with Crippen molar-refractivity contribution in [3.05, 3.63) is 29.1 Å². The van der Waals surface area contributed by atoms with E-state index in [9.17, 15) is 8.42 Å². The first-order chi connectivity index (χ1) is 9.31. The Balaban J connectivity index is 2.36. The van der Waals surface area contributed by atoms with Crippen LogP contribution in [0.3, 0.4) is 0 Å². The predicted octanol–water partition coefficient (Wildman–Crippen LogP) is 0.438. The van der Waals surface area contributed by atoms with E-state index in [-0.39, 0.29) is 10.7 Å². The molecule has 9 heteroatoms. The van der Waals surface area contributed by atoms with Crippen LogP contribution in [0, 0.1) is 13.8 Å². The molecular formula is C11H16N6O2S. The molecule has 0 spiro atoms. The van der Waals surface area contributed by atoms with Gasteiger partial charge in [0.05, 0.1) is 10.9 Å². The lowest BCUT2D eigenvalue weighted by atomic mass is 10.1. The zero-order valence-corrected chi connectivity index (χ0v) is 12.2. The Labute approximate surface area is 116 Å². The number of sulfonamides is 1. The second-order valence-corrected chi connectivity index (χ2v) is 6.27. The van der Waals surface area contributed by atoms with Crippen LogP contribution in [0.15, 0.2) is 17.0 Å². The van der Waals surface area contributed by atoms with Gasteiger partial charge in [-0.05, 0) is 44.0 Å².